The third kappa shape index (κ3) is 4.22. The lowest BCUT2D eigenvalue weighted by molar-refractivity contribution is 0.0879. The van der Waals surface area contributed by atoms with Crippen molar-refractivity contribution in [2.45, 2.75) is 12.5 Å². The van der Waals surface area contributed by atoms with Crippen molar-refractivity contribution in [1.29, 1.82) is 0 Å². The van der Waals surface area contributed by atoms with E-state index in [0.29, 0.717) is 34.1 Å². The van der Waals surface area contributed by atoms with Crippen LogP contribution in [-0.4, -0.2) is 39.3 Å². The van der Waals surface area contributed by atoms with E-state index in [1.54, 1.807) is 43.5 Å². The standard InChI is InChI=1S/C19H22O6/c1-22-14-7-5-12(6-8-14)15(20)11-16(21)13-9-17(23-2)19(25-4)18(10-13)24-3/h5-10,15,20H,11H2,1-4H3. The number of hydrogen-bond acceptors (Lipinski definition) is 6. The van der Waals surface area contributed by atoms with Gasteiger partial charge in [-0.2, -0.15) is 0 Å². The van der Waals surface area contributed by atoms with Crippen LogP contribution >= 0.6 is 0 Å². The molecule has 0 amide bonds. The van der Waals surface area contributed by atoms with Crippen LogP contribution in [-0.2, 0) is 0 Å². The summed E-state index contributed by atoms with van der Waals surface area (Å²) in [5, 5.41) is 10.3. The molecular formula is C19H22O6. The number of methoxy groups -OCH3 is 4. The van der Waals surface area contributed by atoms with Crippen molar-refractivity contribution < 1.29 is 28.8 Å². The van der Waals surface area contributed by atoms with Gasteiger partial charge in [-0.1, -0.05) is 12.1 Å². The van der Waals surface area contributed by atoms with E-state index in [0.717, 1.165) is 0 Å². The lowest BCUT2D eigenvalue weighted by Gasteiger charge is -2.15. The molecule has 0 aliphatic carbocycles. The fraction of sp³-hybridized carbons (Fsp3) is 0.316. The number of aliphatic hydroxyl groups excluding tert-OH is 1. The number of benzene rings is 2. The molecule has 0 aliphatic heterocycles. The molecule has 6 nitrogen and oxygen atoms in total. The van der Waals surface area contributed by atoms with Crippen molar-refractivity contribution in [2.24, 2.45) is 0 Å². The van der Waals surface area contributed by atoms with Gasteiger partial charge in [-0.15, -0.1) is 0 Å². The first kappa shape index (κ1) is 18.6. The largest absolute Gasteiger partial charge is 0.497 e. The number of aliphatic hydroxyl groups is 1. The van der Waals surface area contributed by atoms with Gasteiger partial charge in [0.1, 0.15) is 5.75 Å². The molecule has 1 N–H and O–H groups in total. The van der Waals surface area contributed by atoms with E-state index in [1.807, 2.05) is 0 Å². The molecule has 1 unspecified atom stereocenters. The average molecular weight is 346 g/mol. The quantitative estimate of drug-likeness (QED) is 0.741. The summed E-state index contributed by atoms with van der Waals surface area (Å²) in [4.78, 5) is 12.6. The molecular weight excluding hydrogens is 324 g/mol. The Labute approximate surface area is 146 Å². The van der Waals surface area contributed by atoms with Crippen LogP contribution in [0.3, 0.4) is 0 Å². The maximum absolute atomic E-state index is 12.6. The van der Waals surface area contributed by atoms with Gasteiger partial charge in [-0.05, 0) is 29.8 Å². The third-order valence-corrected chi connectivity index (χ3v) is 3.87. The normalized spacial score (nSPS) is 11.6. The Morgan fingerprint density at radius 2 is 1.48 bits per heavy atom. The number of ketones is 1. The molecule has 0 bridgehead atoms. The second-order valence-corrected chi connectivity index (χ2v) is 5.33. The Bertz CT molecular complexity index is 698. The first-order valence-electron chi connectivity index (χ1n) is 7.69. The highest BCUT2D eigenvalue weighted by Gasteiger charge is 2.20. The van der Waals surface area contributed by atoms with Crippen molar-refractivity contribution in [3.8, 4) is 23.0 Å². The molecule has 2 rings (SSSR count). The lowest BCUT2D eigenvalue weighted by atomic mass is 9.99. The Balaban J connectivity index is 2.21. The molecule has 2 aromatic rings. The highest BCUT2D eigenvalue weighted by molar-refractivity contribution is 5.97. The van der Waals surface area contributed by atoms with Crippen molar-refractivity contribution in [3.63, 3.8) is 0 Å². The molecule has 0 fully saturated rings. The zero-order valence-electron chi connectivity index (χ0n) is 14.7. The number of Topliss-reactive ketones (excluding diaryl/α,β-unsaturated/α-hetero) is 1. The van der Waals surface area contributed by atoms with Crippen LogP contribution in [0.5, 0.6) is 23.0 Å². The lowest BCUT2D eigenvalue weighted by Crippen LogP contribution is -2.08. The predicted molar refractivity (Wildman–Crippen MR) is 93.0 cm³/mol. The summed E-state index contributed by atoms with van der Waals surface area (Å²) in [5.74, 6) is 1.65. The summed E-state index contributed by atoms with van der Waals surface area (Å²) in [6, 6.07) is 10.1. The number of rotatable bonds is 8. The minimum absolute atomic E-state index is 0.0645. The van der Waals surface area contributed by atoms with Crippen LogP contribution in [0.15, 0.2) is 36.4 Å². The van der Waals surface area contributed by atoms with Gasteiger partial charge in [-0.3, -0.25) is 4.79 Å². The van der Waals surface area contributed by atoms with E-state index in [4.69, 9.17) is 18.9 Å². The maximum atomic E-state index is 12.6. The van der Waals surface area contributed by atoms with Crippen LogP contribution < -0.4 is 18.9 Å². The topological polar surface area (TPSA) is 74.2 Å². The predicted octanol–water partition coefficient (Wildman–Crippen LogP) is 3.03. The van der Waals surface area contributed by atoms with Gasteiger partial charge in [0.2, 0.25) is 5.75 Å². The Morgan fingerprint density at radius 3 is 1.92 bits per heavy atom. The van der Waals surface area contributed by atoms with E-state index in [9.17, 15) is 9.90 Å². The SMILES string of the molecule is COc1ccc(C(O)CC(=O)c2cc(OC)c(OC)c(OC)c2)cc1. The van der Waals surface area contributed by atoms with Crippen molar-refractivity contribution in [3.05, 3.63) is 47.5 Å². The molecule has 0 aromatic heterocycles. The van der Waals surface area contributed by atoms with Crippen LogP contribution in [0.2, 0.25) is 0 Å². The Kier molecular flexibility index (Phi) is 6.25. The summed E-state index contributed by atoms with van der Waals surface area (Å²) in [6.07, 6.45) is -0.984. The molecule has 0 heterocycles. The molecule has 0 saturated heterocycles. The molecule has 25 heavy (non-hydrogen) atoms. The van der Waals surface area contributed by atoms with Crippen LogP contribution in [0.1, 0.15) is 28.4 Å². The smallest absolute Gasteiger partial charge is 0.203 e. The van der Waals surface area contributed by atoms with Gasteiger partial charge in [-0.25, -0.2) is 0 Å². The highest BCUT2D eigenvalue weighted by Crippen LogP contribution is 2.38. The van der Waals surface area contributed by atoms with Gasteiger partial charge in [0.25, 0.3) is 0 Å². The summed E-state index contributed by atoms with van der Waals surface area (Å²) < 4.78 is 20.8. The first-order valence-corrected chi connectivity index (χ1v) is 7.69. The number of ether oxygens (including phenoxy) is 4. The van der Waals surface area contributed by atoms with Gasteiger partial charge in [0.15, 0.2) is 17.3 Å². The summed E-state index contributed by atoms with van der Waals surface area (Å²) in [5.41, 5.74) is 1.02. The van der Waals surface area contributed by atoms with Crippen LogP contribution in [0.4, 0.5) is 0 Å². The minimum Gasteiger partial charge on any atom is -0.497 e. The molecule has 1 atom stereocenters. The van der Waals surface area contributed by atoms with E-state index < -0.39 is 6.10 Å². The Morgan fingerprint density at radius 1 is 0.920 bits per heavy atom. The molecule has 134 valence electrons. The molecule has 0 aliphatic rings. The van der Waals surface area contributed by atoms with Crippen LogP contribution in [0.25, 0.3) is 0 Å². The maximum Gasteiger partial charge on any atom is 0.203 e. The van der Waals surface area contributed by atoms with Gasteiger partial charge in [0.05, 0.1) is 34.5 Å². The molecule has 0 radical (unpaired) electrons. The van der Waals surface area contributed by atoms with Gasteiger partial charge >= 0.3 is 0 Å². The average Bonchev–Trinajstić information content (AvgIpc) is 2.66. The van der Waals surface area contributed by atoms with Crippen molar-refractivity contribution in [2.75, 3.05) is 28.4 Å². The zero-order chi connectivity index (χ0) is 18.4. The fourth-order valence-corrected chi connectivity index (χ4v) is 2.48. The monoisotopic (exact) mass is 346 g/mol. The number of carbonyl (C=O) groups excluding carboxylic acids is 1. The Hall–Kier alpha value is -2.73. The summed E-state index contributed by atoms with van der Waals surface area (Å²) in [7, 11) is 6.03. The molecule has 2 aromatic carbocycles. The van der Waals surface area contributed by atoms with E-state index >= 15 is 0 Å². The summed E-state index contributed by atoms with van der Waals surface area (Å²) >= 11 is 0. The highest BCUT2D eigenvalue weighted by atomic mass is 16.5. The van der Waals surface area contributed by atoms with E-state index in [-0.39, 0.29) is 12.2 Å². The molecule has 6 heteroatoms. The van der Waals surface area contributed by atoms with Gasteiger partial charge < -0.3 is 24.1 Å². The van der Waals surface area contributed by atoms with Crippen LogP contribution in [0, 0.1) is 0 Å². The van der Waals surface area contributed by atoms with E-state index in [2.05, 4.69) is 0 Å². The number of hydrogen-bond donors (Lipinski definition) is 1. The fourth-order valence-electron chi connectivity index (χ4n) is 2.48. The number of carbonyl (C=O) groups is 1. The second-order valence-electron chi connectivity index (χ2n) is 5.33. The molecule has 0 saturated carbocycles. The summed E-state index contributed by atoms with van der Waals surface area (Å²) in [6.45, 7) is 0. The van der Waals surface area contributed by atoms with Crippen molar-refractivity contribution >= 4 is 5.78 Å². The first-order chi connectivity index (χ1) is 12.0. The zero-order valence-corrected chi connectivity index (χ0v) is 14.7. The minimum atomic E-state index is -0.919. The van der Waals surface area contributed by atoms with E-state index in [1.165, 1.54) is 21.3 Å². The van der Waals surface area contributed by atoms with Crippen molar-refractivity contribution in [1.82, 2.24) is 0 Å². The third-order valence-electron chi connectivity index (χ3n) is 3.87. The second kappa shape index (κ2) is 8.39. The van der Waals surface area contributed by atoms with Gasteiger partial charge in [0, 0.05) is 12.0 Å². The molecule has 0 spiro atoms.